The first-order valence-electron chi connectivity index (χ1n) is 9.72. The minimum absolute atomic E-state index is 0.283. The Kier molecular flexibility index (Phi) is 6.03. The van der Waals surface area contributed by atoms with Crippen molar-refractivity contribution in [2.45, 2.75) is 0 Å². The lowest BCUT2D eigenvalue weighted by molar-refractivity contribution is 0.102. The third-order valence-electron chi connectivity index (χ3n) is 4.78. The van der Waals surface area contributed by atoms with E-state index in [1.807, 2.05) is 24.3 Å². The highest BCUT2D eigenvalue weighted by molar-refractivity contribution is 6.04. The van der Waals surface area contributed by atoms with Gasteiger partial charge in [0.15, 0.2) is 0 Å². The van der Waals surface area contributed by atoms with Gasteiger partial charge in [-0.05, 0) is 60.7 Å². The number of carbonyl (C=O) groups excluding carboxylic acids is 1. The topological polar surface area (TPSA) is 95.7 Å². The number of aromatic nitrogens is 2. The van der Waals surface area contributed by atoms with E-state index in [1.54, 1.807) is 49.6 Å². The molecule has 1 heterocycles. The highest BCUT2D eigenvalue weighted by Gasteiger charge is 2.13. The molecule has 0 aliphatic carbocycles. The van der Waals surface area contributed by atoms with Gasteiger partial charge >= 0.3 is 0 Å². The third kappa shape index (κ3) is 4.54. The van der Waals surface area contributed by atoms with Crippen molar-refractivity contribution in [2.24, 2.45) is 0 Å². The average Bonchev–Trinajstić information content (AvgIpc) is 3.34. The maximum atomic E-state index is 12.6. The van der Waals surface area contributed by atoms with Crippen LogP contribution in [0.5, 0.6) is 17.2 Å². The molecule has 0 saturated heterocycles. The zero-order chi connectivity index (χ0) is 22.5. The summed E-state index contributed by atoms with van der Waals surface area (Å²) in [6, 6.07) is 19.5. The van der Waals surface area contributed by atoms with Gasteiger partial charge in [-0.3, -0.25) is 4.79 Å². The number of amides is 1. The molecule has 0 saturated carbocycles. The summed E-state index contributed by atoms with van der Waals surface area (Å²) in [5.74, 6) is 2.40. The van der Waals surface area contributed by atoms with Gasteiger partial charge in [0.1, 0.15) is 17.2 Å². The molecule has 32 heavy (non-hydrogen) atoms. The molecule has 0 fully saturated rings. The Morgan fingerprint density at radius 1 is 0.781 bits per heavy atom. The van der Waals surface area contributed by atoms with Gasteiger partial charge in [0, 0.05) is 28.4 Å². The summed E-state index contributed by atoms with van der Waals surface area (Å²) in [6.07, 6.45) is 0. The number of benzene rings is 3. The fourth-order valence-corrected chi connectivity index (χ4v) is 3.04. The quantitative estimate of drug-likeness (QED) is 0.454. The number of methoxy groups -OCH3 is 3. The Morgan fingerprint density at radius 2 is 1.38 bits per heavy atom. The summed E-state index contributed by atoms with van der Waals surface area (Å²) in [5, 5.41) is 6.89. The van der Waals surface area contributed by atoms with Crippen LogP contribution in [0.4, 0.5) is 5.69 Å². The summed E-state index contributed by atoms with van der Waals surface area (Å²) < 4.78 is 21.0. The van der Waals surface area contributed by atoms with Crippen LogP contribution in [0.1, 0.15) is 10.4 Å². The first kappa shape index (κ1) is 20.9. The molecular weight excluding hydrogens is 410 g/mol. The number of hydrogen-bond acceptors (Lipinski definition) is 7. The van der Waals surface area contributed by atoms with Gasteiger partial charge in [0.05, 0.1) is 21.3 Å². The second-order valence-electron chi connectivity index (χ2n) is 6.78. The second-order valence-corrected chi connectivity index (χ2v) is 6.78. The molecule has 1 aromatic heterocycles. The van der Waals surface area contributed by atoms with Crippen LogP contribution in [0.2, 0.25) is 0 Å². The average molecular weight is 431 g/mol. The van der Waals surface area contributed by atoms with Gasteiger partial charge in [-0.25, -0.2) is 0 Å². The van der Waals surface area contributed by atoms with E-state index in [4.69, 9.17) is 18.7 Å². The number of ether oxygens (including phenoxy) is 3. The van der Waals surface area contributed by atoms with Crippen LogP contribution in [0.3, 0.4) is 0 Å². The van der Waals surface area contributed by atoms with Gasteiger partial charge in [0.25, 0.3) is 11.8 Å². The van der Waals surface area contributed by atoms with Crippen LogP contribution >= 0.6 is 0 Å². The normalized spacial score (nSPS) is 10.5. The zero-order valence-corrected chi connectivity index (χ0v) is 17.8. The van der Waals surface area contributed by atoms with Crippen molar-refractivity contribution in [1.82, 2.24) is 10.1 Å². The Balaban J connectivity index is 1.48. The van der Waals surface area contributed by atoms with E-state index in [0.717, 1.165) is 16.9 Å². The van der Waals surface area contributed by atoms with Crippen LogP contribution in [0, 0.1) is 0 Å². The fraction of sp³-hybridized carbons (Fsp3) is 0.125. The molecule has 1 N–H and O–H groups in total. The molecule has 0 atom stereocenters. The first-order chi connectivity index (χ1) is 15.6. The summed E-state index contributed by atoms with van der Waals surface area (Å²) >= 11 is 0. The van der Waals surface area contributed by atoms with Crippen molar-refractivity contribution in [1.29, 1.82) is 0 Å². The number of rotatable bonds is 7. The lowest BCUT2D eigenvalue weighted by atomic mass is 10.1. The first-order valence-corrected chi connectivity index (χ1v) is 9.72. The monoisotopic (exact) mass is 431 g/mol. The number of nitrogens with zero attached hydrogens (tertiary/aromatic N) is 2. The minimum Gasteiger partial charge on any atom is -0.497 e. The smallest absolute Gasteiger partial charge is 0.258 e. The lowest BCUT2D eigenvalue weighted by Gasteiger charge is -2.09. The standard InChI is InChI=1S/C24H21N3O5/c1-29-19-10-6-15(7-11-19)22-26-24(32-27-22)16-4-8-18(9-5-16)25-23(28)17-12-20(30-2)14-21(13-17)31-3/h4-14H,1-3H3,(H,25,28). The van der Waals surface area contributed by atoms with Crippen LogP contribution in [-0.4, -0.2) is 37.4 Å². The highest BCUT2D eigenvalue weighted by Crippen LogP contribution is 2.26. The Bertz CT molecular complexity index is 1200. The Morgan fingerprint density at radius 3 is 1.97 bits per heavy atom. The van der Waals surface area contributed by atoms with Crippen LogP contribution < -0.4 is 19.5 Å². The molecule has 0 unspecified atom stereocenters. The molecule has 8 heteroatoms. The summed E-state index contributed by atoms with van der Waals surface area (Å²) in [5.41, 5.74) is 2.60. The van der Waals surface area contributed by atoms with E-state index in [9.17, 15) is 4.79 Å². The van der Waals surface area contributed by atoms with Crippen LogP contribution in [-0.2, 0) is 0 Å². The number of carbonyl (C=O) groups is 1. The predicted molar refractivity (Wildman–Crippen MR) is 119 cm³/mol. The van der Waals surface area contributed by atoms with Gasteiger partial charge in [0.2, 0.25) is 5.82 Å². The molecule has 162 valence electrons. The van der Waals surface area contributed by atoms with Crippen molar-refractivity contribution < 1.29 is 23.5 Å². The largest absolute Gasteiger partial charge is 0.497 e. The van der Waals surface area contributed by atoms with Crippen molar-refractivity contribution in [3.05, 3.63) is 72.3 Å². The van der Waals surface area contributed by atoms with Crippen LogP contribution in [0.25, 0.3) is 22.8 Å². The summed E-state index contributed by atoms with van der Waals surface area (Å²) in [7, 11) is 4.68. The molecule has 0 aliphatic rings. The number of anilines is 1. The third-order valence-corrected chi connectivity index (χ3v) is 4.78. The molecule has 4 aromatic rings. The number of nitrogens with one attached hydrogen (secondary N) is 1. The molecule has 8 nitrogen and oxygen atoms in total. The van der Waals surface area contributed by atoms with Gasteiger partial charge in [-0.1, -0.05) is 5.16 Å². The fourth-order valence-electron chi connectivity index (χ4n) is 3.04. The lowest BCUT2D eigenvalue weighted by Crippen LogP contribution is -2.12. The predicted octanol–water partition coefficient (Wildman–Crippen LogP) is 4.68. The second kappa shape index (κ2) is 9.22. The molecular formula is C24H21N3O5. The Labute approximate surface area is 184 Å². The summed E-state index contributed by atoms with van der Waals surface area (Å²) in [6.45, 7) is 0. The van der Waals surface area contributed by atoms with E-state index in [-0.39, 0.29) is 5.91 Å². The summed E-state index contributed by atoms with van der Waals surface area (Å²) in [4.78, 5) is 17.1. The highest BCUT2D eigenvalue weighted by atomic mass is 16.5. The number of hydrogen-bond donors (Lipinski definition) is 1. The van der Waals surface area contributed by atoms with E-state index < -0.39 is 0 Å². The van der Waals surface area contributed by atoms with E-state index in [2.05, 4.69) is 15.5 Å². The minimum atomic E-state index is -0.283. The van der Waals surface area contributed by atoms with E-state index >= 15 is 0 Å². The molecule has 0 bridgehead atoms. The SMILES string of the molecule is COc1ccc(-c2noc(-c3ccc(NC(=O)c4cc(OC)cc(OC)c4)cc3)n2)cc1. The maximum absolute atomic E-state index is 12.6. The molecule has 0 spiro atoms. The van der Waals surface area contributed by atoms with Crippen molar-refractivity contribution in [2.75, 3.05) is 26.6 Å². The van der Waals surface area contributed by atoms with Gasteiger partial charge in [-0.2, -0.15) is 4.98 Å². The van der Waals surface area contributed by atoms with Crippen LogP contribution in [0.15, 0.2) is 71.3 Å². The maximum Gasteiger partial charge on any atom is 0.258 e. The van der Waals surface area contributed by atoms with Crippen molar-refractivity contribution in [3.8, 4) is 40.1 Å². The van der Waals surface area contributed by atoms with Crippen molar-refractivity contribution in [3.63, 3.8) is 0 Å². The molecule has 1 amide bonds. The molecule has 4 rings (SSSR count). The molecule has 0 aliphatic heterocycles. The van der Waals surface area contributed by atoms with Gasteiger partial charge in [-0.15, -0.1) is 0 Å². The van der Waals surface area contributed by atoms with Crippen molar-refractivity contribution >= 4 is 11.6 Å². The molecule has 0 radical (unpaired) electrons. The Hall–Kier alpha value is -4.33. The van der Waals surface area contributed by atoms with Gasteiger partial charge < -0.3 is 24.1 Å². The molecule has 3 aromatic carbocycles. The van der Waals surface area contributed by atoms with E-state index in [0.29, 0.717) is 34.5 Å². The zero-order valence-electron chi connectivity index (χ0n) is 17.8. The van der Waals surface area contributed by atoms with E-state index in [1.165, 1.54) is 14.2 Å².